The Kier molecular flexibility index (Phi) is 2.11. The van der Waals surface area contributed by atoms with Gasteiger partial charge in [-0.05, 0) is 68.1 Å². The lowest BCUT2D eigenvalue weighted by atomic mass is 9.48. The Labute approximate surface area is 111 Å². The van der Waals surface area contributed by atoms with E-state index in [-0.39, 0.29) is 11.8 Å². The average molecular weight is 270 g/mol. The fourth-order valence-corrected chi connectivity index (χ4v) is 5.98. The molecule has 5 rings (SSSR count). The van der Waals surface area contributed by atoms with Crippen molar-refractivity contribution in [3.05, 3.63) is 0 Å². The molecule has 0 amide bonds. The summed E-state index contributed by atoms with van der Waals surface area (Å²) < 4.78 is 27.2. The van der Waals surface area contributed by atoms with E-state index in [1.165, 1.54) is 19.3 Å². The van der Waals surface area contributed by atoms with E-state index in [0.717, 1.165) is 19.3 Å². The fourth-order valence-electron chi connectivity index (χ4n) is 5.98. The Morgan fingerprint density at radius 3 is 1.79 bits per heavy atom. The number of carboxylic acids is 1. The molecule has 4 heteroatoms. The van der Waals surface area contributed by atoms with Crippen molar-refractivity contribution in [1.82, 2.24) is 0 Å². The maximum absolute atomic E-state index is 13.6. The van der Waals surface area contributed by atoms with Crippen molar-refractivity contribution in [2.24, 2.45) is 28.6 Å². The standard InChI is InChI=1S/C15H20F2O2/c16-15(17)8-14(15,12(18)19)7-13-4-9-1-10(5-13)3-11(2-9)6-13/h9-11H,1-8H2,(H,18,19). The van der Waals surface area contributed by atoms with Gasteiger partial charge in [0.1, 0.15) is 5.41 Å². The van der Waals surface area contributed by atoms with Crippen LogP contribution in [0.15, 0.2) is 0 Å². The van der Waals surface area contributed by atoms with Crippen molar-refractivity contribution < 1.29 is 18.7 Å². The molecule has 106 valence electrons. The molecule has 0 saturated heterocycles. The van der Waals surface area contributed by atoms with Crippen LogP contribution in [-0.2, 0) is 4.79 Å². The van der Waals surface area contributed by atoms with E-state index in [9.17, 15) is 18.7 Å². The SMILES string of the molecule is O=C(O)C1(CC23CC4CC(CC(C4)C2)C3)CC1(F)F. The van der Waals surface area contributed by atoms with Gasteiger partial charge in [-0.25, -0.2) is 8.78 Å². The highest BCUT2D eigenvalue weighted by Crippen LogP contribution is 2.71. The van der Waals surface area contributed by atoms with Crippen molar-refractivity contribution in [3.8, 4) is 0 Å². The highest BCUT2D eigenvalue weighted by Gasteiger charge is 2.78. The summed E-state index contributed by atoms with van der Waals surface area (Å²) in [5.41, 5.74) is -1.80. The molecule has 0 aromatic rings. The van der Waals surface area contributed by atoms with Crippen molar-refractivity contribution in [3.63, 3.8) is 0 Å². The fraction of sp³-hybridized carbons (Fsp3) is 0.933. The van der Waals surface area contributed by atoms with E-state index in [1.54, 1.807) is 0 Å². The molecule has 5 fully saturated rings. The molecule has 5 aliphatic carbocycles. The number of hydrogen-bond acceptors (Lipinski definition) is 1. The molecule has 1 N–H and O–H groups in total. The molecular formula is C15H20F2O2. The molecule has 0 aliphatic heterocycles. The first-order chi connectivity index (χ1) is 8.84. The highest BCUT2D eigenvalue weighted by molar-refractivity contribution is 5.80. The Morgan fingerprint density at radius 1 is 1.05 bits per heavy atom. The van der Waals surface area contributed by atoms with Gasteiger partial charge in [0, 0.05) is 6.42 Å². The van der Waals surface area contributed by atoms with Gasteiger partial charge in [-0.3, -0.25) is 4.79 Å². The van der Waals surface area contributed by atoms with Crippen LogP contribution in [0.25, 0.3) is 0 Å². The zero-order valence-corrected chi connectivity index (χ0v) is 11.0. The summed E-state index contributed by atoms with van der Waals surface area (Å²) >= 11 is 0. The minimum Gasteiger partial charge on any atom is -0.481 e. The lowest BCUT2D eigenvalue weighted by molar-refractivity contribution is -0.153. The first-order valence-corrected chi connectivity index (χ1v) is 7.45. The largest absolute Gasteiger partial charge is 0.481 e. The van der Waals surface area contributed by atoms with Crippen LogP contribution in [0.1, 0.15) is 51.4 Å². The van der Waals surface area contributed by atoms with Gasteiger partial charge in [0.2, 0.25) is 0 Å². The van der Waals surface area contributed by atoms with E-state index in [1.807, 2.05) is 0 Å². The van der Waals surface area contributed by atoms with Crippen LogP contribution in [-0.4, -0.2) is 17.0 Å². The summed E-state index contributed by atoms with van der Waals surface area (Å²) in [4.78, 5) is 11.3. The zero-order chi connectivity index (χ0) is 13.5. The van der Waals surface area contributed by atoms with Crippen molar-refractivity contribution in [2.45, 2.75) is 57.3 Å². The summed E-state index contributed by atoms with van der Waals surface area (Å²) in [5, 5.41) is 9.26. The third-order valence-corrected chi connectivity index (χ3v) is 6.35. The monoisotopic (exact) mass is 270 g/mol. The van der Waals surface area contributed by atoms with Crippen LogP contribution in [0.4, 0.5) is 8.78 Å². The van der Waals surface area contributed by atoms with Crippen molar-refractivity contribution >= 4 is 5.97 Å². The number of hydrogen-bond donors (Lipinski definition) is 1. The van der Waals surface area contributed by atoms with Gasteiger partial charge >= 0.3 is 5.97 Å². The predicted octanol–water partition coefficient (Wildman–Crippen LogP) is 3.70. The van der Waals surface area contributed by atoms with Crippen molar-refractivity contribution in [1.29, 1.82) is 0 Å². The second kappa shape index (κ2) is 3.32. The first kappa shape index (κ1) is 12.1. The third kappa shape index (κ3) is 1.55. The summed E-state index contributed by atoms with van der Waals surface area (Å²) in [5.74, 6) is -2.19. The molecular weight excluding hydrogens is 250 g/mol. The van der Waals surface area contributed by atoms with Gasteiger partial charge < -0.3 is 5.11 Å². The first-order valence-electron chi connectivity index (χ1n) is 7.45. The molecule has 19 heavy (non-hydrogen) atoms. The van der Waals surface area contributed by atoms with Crippen LogP contribution in [0.5, 0.6) is 0 Å². The zero-order valence-electron chi connectivity index (χ0n) is 11.0. The van der Waals surface area contributed by atoms with E-state index < -0.39 is 23.7 Å². The van der Waals surface area contributed by atoms with E-state index in [0.29, 0.717) is 17.8 Å². The summed E-state index contributed by atoms with van der Waals surface area (Å²) in [7, 11) is 0. The summed E-state index contributed by atoms with van der Waals surface area (Å²) in [6.07, 6.45) is 6.59. The summed E-state index contributed by atoms with van der Waals surface area (Å²) in [6, 6.07) is 0. The van der Waals surface area contributed by atoms with Gasteiger partial charge in [0.15, 0.2) is 0 Å². The molecule has 5 aliphatic rings. The molecule has 0 spiro atoms. The molecule has 1 atom stereocenters. The maximum atomic E-state index is 13.6. The smallest absolute Gasteiger partial charge is 0.316 e. The molecule has 0 radical (unpaired) electrons. The minimum atomic E-state index is -2.97. The third-order valence-electron chi connectivity index (χ3n) is 6.35. The number of aliphatic carboxylic acids is 1. The number of rotatable bonds is 3. The predicted molar refractivity (Wildman–Crippen MR) is 64.9 cm³/mol. The van der Waals surface area contributed by atoms with E-state index >= 15 is 0 Å². The van der Waals surface area contributed by atoms with Crippen LogP contribution in [0.3, 0.4) is 0 Å². The molecule has 1 unspecified atom stereocenters. The Bertz CT molecular complexity index is 410. The van der Waals surface area contributed by atoms with Gasteiger partial charge in [-0.1, -0.05) is 0 Å². The van der Waals surface area contributed by atoms with Gasteiger partial charge in [0.05, 0.1) is 0 Å². The number of halogens is 2. The highest BCUT2D eigenvalue weighted by atomic mass is 19.3. The van der Waals surface area contributed by atoms with Gasteiger partial charge in [-0.15, -0.1) is 0 Å². The minimum absolute atomic E-state index is 0.0763. The van der Waals surface area contributed by atoms with Crippen molar-refractivity contribution in [2.75, 3.05) is 0 Å². The molecule has 0 heterocycles. The topological polar surface area (TPSA) is 37.3 Å². The lowest BCUT2D eigenvalue weighted by Crippen LogP contribution is -2.48. The molecule has 0 aromatic heterocycles. The number of carbonyl (C=O) groups is 1. The second-order valence-electron chi connectivity index (χ2n) is 7.86. The second-order valence-corrected chi connectivity index (χ2v) is 7.86. The van der Waals surface area contributed by atoms with Crippen LogP contribution in [0, 0.1) is 28.6 Å². The Hall–Kier alpha value is -0.670. The average Bonchev–Trinajstić information content (AvgIpc) is 2.78. The molecule has 2 nitrogen and oxygen atoms in total. The quantitative estimate of drug-likeness (QED) is 0.849. The number of alkyl halides is 2. The molecule has 4 bridgehead atoms. The van der Waals surface area contributed by atoms with E-state index in [4.69, 9.17) is 0 Å². The Morgan fingerprint density at radius 2 is 1.47 bits per heavy atom. The number of carboxylic acid groups (broad SMARTS) is 1. The summed E-state index contributed by atoms with van der Waals surface area (Å²) in [6.45, 7) is 0. The molecule has 0 aromatic carbocycles. The van der Waals surface area contributed by atoms with Gasteiger partial charge in [-0.2, -0.15) is 0 Å². The van der Waals surface area contributed by atoms with Gasteiger partial charge in [0.25, 0.3) is 5.92 Å². The molecule has 5 saturated carbocycles. The Balaban J connectivity index is 1.61. The van der Waals surface area contributed by atoms with Crippen LogP contribution >= 0.6 is 0 Å². The van der Waals surface area contributed by atoms with E-state index in [2.05, 4.69) is 0 Å². The lowest BCUT2D eigenvalue weighted by Gasteiger charge is -2.57. The maximum Gasteiger partial charge on any atom is 0.316 e. The normalized spacial score (nSPS) is 53.3. The van der Waals surface area contributed by atoms with Crippen LogP contribution < -0.4 is 0 Å². The van der Waals surface area contributed by atoms with Crippen LogP contribution in [0.2, 0.25) is 0 Å².